The number of amides is 2. The lowest BCUT2D eigenvalue weighted by molar-refractivity contribution is 0.0652. The van der Waals surface area contributed by atoms with Crippen molar-refractivity contribution in [2.75, 3.05) is 6.54 Å². The third-order valence-corrected chi connectivity index (χ3v) is 3.03. The second kappa shape index (κ2) is 5.30. The number of hydrogen-bond donors (Lipinski definition) is 0. The van der Waals surface area contributed by atoms with Crippen LogP contribution in [0.25, 0.3) is 0 Å². The van der Waals surface area contributed by atoms with Crippen molar-refractivity contribution in [3.05, 3.63) is 47.0 Å². The van der Waals surface area contributed by atoms with E-state index in [-0.39, 0.29) is 31.2 Å². The minimum absolute atomic E-state index is 0.0903. The first-order valence-electron chi connectivity index (χ1n) is 5.98. The molecule has 1 aromatic rings. The van der Waals surface area contributed by atoms with Crippen molar-refractivity contribution in [1.29, 1.82) is 0 Å². The zero-order valence-electron chi connectivity index (χ0n) is 10.5. The van der Waals surface area contributed by atoms with Gasteiger partial charge in [0, 0.05) is 13.0 Å². The highest BCUT2D eigenvalue weighted by Crippen LogP contribution is 2.23. The van der Waals surface area contributed by atoms with E-state index in [1.54, 1.807) is 24.3 Å². The van der Waals surface area contributed by atoms with Crippen molar-refractivity contribution in [2.45, 2.75) is 19.8 Å². The molecule has 1 heterocycles. The highest BCUT2D eigenvalue weighted by atomic mass is 19.2. The SMILES string of the molecule is CC(F)=C(F)CCCN1C(=O)c2ccccc2C1=O. The molecule has 0 atom stereocenters. The molecule has 1 aliphatic rings. The normalized spacial score (nSPS) is 15.6. The van der Waals surface area contributed by atoms with E-state index in [9.17, 15) is 18.4 Å². The molecule has 100 valence electrons. The lowest BCUT2D eigenvalue weighted by atomic mass is 10.1. The average molecular weight is 265 g/mol. The second-order valence-electron chi connectivity index (χ2n) is 4.35. The van der Waals surface area contributed by atoms with Crippen LogP contribution in [0.2, 0.25) is 0 Å². The van der Waals surface area contributed by atoms with Crippen LogP contribution in [-0.2, 0) is 0 Å². The number of carbonyl (C=O) groups excluding carboxylic acids is 2. The molecular formula is C14H13F2NO2. The molecule has 0 N–H and O–H groups in total. The molecule has 1 aliphatic heterocycles. The first kappa shape index (κ1) is 13.4. The van der Waals surface area contributed by atoms with Crippen LogP contribution < -0.4 is 0 Å². The molecule has 5 heteroatoms. The van der Waals surface area contributed by atoms with E-state index in [1.165, 1.54) is 0 Å². The topological polar surface area (TPSA) is 37.4 Å². The molecule has 0 unspecified atom stereocenters. The van der Waals surface area contributed by atoms with Crippen LogP contribution in [0.5, 0.6) is 0 Å². The first-order valence-corrected chi connectivity index (χ1v) is 5.98. The van der Waals surface area contributed by atoms with Crippen LogP contribution >= 0.6 is 0 Å². The number of benzene rings is 1. The van der Waals surface area contributed by atoms with Gasteiger partial charge in [-0.15, -0.1) is 0 Å². The highest BCUT2D eigenvalue weighted by Gasteiger charge is 2.34. The minimum Gasteiger partial charge on any atom is -0.274 e. The summed E-state index contributed by atoms with van der Waals surface area (Å²) in [6.45, 7) is 1.13. The maximum Gasteiger partial charge on any atom is 0.261 e. The fraction of sp³-hybridized carbons (Fsp3) is 0.286. The molecule has 0 saturated carbocycles. The zero-order valence-corrected chi connectivity index (χ0v) is 10.5. The van der Waals surface area contributed by atoms with Gasteiger partial charge in [0.2, 0.25) is 0 Å². The number of hydrogen-bond acceptors (Lipinski definition) is 2. The third kappa shape index (κ3) is 2.54. The van der Waals surface area contributed by atoms with E-state index in [2.05, 4.69) is 0 Å². The molecule has 0 aliphatic carbocycles. The summed E-state index contributed by atoms with van der Waals surface area (Å²) in [5, 5.41) is 0. The Morgan fingerprint density at radius 2 is 1.63 bits per heavy atom. The van der Waals surface area contributed by atoms with Crippen LogP contribution in [0.4, 0.5) is 8.78 Å². The fourth-order valence-corrected chi connectivity index (χ4v) is 2.01. The average Bonchev–Trinajstić information content (AvgIpc) is 2.64. The van der Waals surface area contributed by atoms with Gasteiger partial charge >= 0.3 is 0 Å². The monoisotopic (exact) mass is 265 g/mol. The Balaban J connectivity index is 2.03. The van der Waals surface area contributed by atoms with Crippen LogP contribution in [0.15, 0.2) is 35.9 Å². The molecule has 0 spiro atoms. The Morgan fingerprint density at radius 1 is 1.11 bits per heavy atom. The Bertz CT molecular complexity index is 527. The predicted molar refractivity (Wildman–Crippen MR) is 66.0 cm³/mol. The molecule has 2 amide bonds. The van der Waals surface area contributed by atoms with Crippen molar-refractivity contribution in [3.8, 4) is 0 Å². The van der Waals surface area contributed by atoms with Gasteiger partial charge in [-0.05, 0) is 25.5 Å². The first-order chi connectivity index (χ1) is 9.02. The summed E-state index contributed by atoms with van der Waals surface area (Å²) in [4.78, 5) is 25.0. The van der Waals surface area contributed by atoms with Crippen LogP contribution in [-0.4, -0.2) is 23.3 Å². The molecule has 0 fully saturated rings. The summed E-state index contributed by atoms with van der Waals surface area (Å²) in [6, 6.07) is 6.54. The molecule has 3 nitrogen and oxygen atoms in total. The smallest absolute Gasteiger partial charge is 0.261 e. The van der Waals surface area contributed by atoms with E-state index in [0.717, 1.165) is 11.8 Å². The quantitative estimate of drug-likeness (QED) is 0.784. The van der Waals surface area contributed by atoms with Gasteiger partial charge in [0.1, 0.15) is 11.7 Å². The summed E-state index contributed by atoms with van der Waals surface area (Å²) in [6.07, 6.45) is 0.0916. The van der Waals surface area contributed by atoms with Crippen molar-refractivity contribution in [2.24, 2.45) is 0 Å². The van der Waals surface area contributed by atoms with Crippen molar-refractivity contribution >= 4 is 11.8 Å². The summed E-state index contributed by atoms with van der Waals surface area (Å²) >= 11 is 0. The number of imide groups is 1. The van der Waals surface area contributed by atoms with Crippen molar-refractivity contribution < 1.29 is 18.4 Å². The van der Waals surface area contributed by atoms with E-state index in [1.807, 2.05) is 0 Å². The number of halogens is 2. The third-order valence-electron chi connectivity index (χ3n) is 3.03. The van der Waals surface area contributed by atoms with Gasteiger partial charge in [-0.3, -0.25) is 14.5 Å². The van der Waals surface area contributed by atoms with Gasteiger partial charge in [0.25, 0.3) is 11.8 Å². The Morgan fingerprint density at radius 3 is 2.11 bits per heavy atom. The van der Waals surface area contributed by atoms with Gasteiger partial charge in [0.15, 0.2) is 0 Å². The van der Waals surface area contributed by atoms with Gasteiger partial charge in [-0.1, -0.05) is 12.1 Å². The van der Waals surface area contributed by atoms with E-state index >= 15 is 0 Å². The summed E-state index contributed by atoms with van der Waals surface area (Å²) in [5.74, 6) is -2.44. The summed E-state index contributed by atoms with van der Waals surface area (Å²) in [7, 11) is 0. The fourth-order valence-electron chi connectivity index (χ4n) is 2.01. The molecule has 0 saturated heterocycles. The maximum absolute atomic E-state index is 13.0. The molecule has 0 aromatic heterocycles. The standard InChI is InChI=1S/C14H13F2NO2/c1-9(15)12(16)7-4-8-17-13(18)10-5-2-3-6-11(10)14(17)19/h2-3,5-6H,4,7-8H2,1H3. The summed E-state index contributed by atoms with van der Waals surface area (Å²) < 4.78 is 25.5. The Kier molecular flexibility index (Phi) is 3.74. The minimum atomic E-state index is -0.859. The van der Waals surface area contributed by atoms with Crippen molar-refractivity contribution in [3.63, 3.8) is 0 Å². The number of rotatable bonds is 4. The van der Waals surface area contributed by atoms with Gasteiger partial charge in [0.05, 0.1) is 11.1 Å². The van der Waals surface area contributed by atoms with E-state index in [4.69, 9.17) is 0 Å². The highest BCUT2D eigenvalue weighted by molar-refractivity contribution is 6.21. The van der Waals surface area contributed by atoms with Gasteiger partial charge in [-0.2, -0.15) is 0 Å². The number of nitrogens with zero attached hydrogens (tertiary/aromatic N) is 1. The van der Waals surface area contributed by atoms with Crippen LogP contribution in [0.3, 0.4) is 0 Å². The molecular weight excluding hydrogens is 252 g/mol. The van der Waals surface area contributed by atoms with Crippen LogP contribution in [0.1, 0.15) is 40.5 Å². The van der Waals surface area contributed by atoms with Gasteiger partial charge in [-0.25, -0.2) is 8.78 Å². The summed E-state index contributed by atoms with van der Waals surface area (Å²) in [5.41, 5.74) is 0.732. The molecule has 19 heavy (non-hydrogen) atoms. The van der Waals surface area contributed by atoms with Crippen LogP contribution in [0, 0.1) is 0 Å². The second-order valence-corrected chi connectivity index (χ2v) is 4.35. The van der Waals surface area contributed by atoms with Gasteiger partial charge < -0.3 is 0 Å². The lowest BCUT2D eigenvalue weighted by Gasteiger charge is -2.12. The largest absolute Gasteiger partial charge is 0.274 e. The maximum atomic E-state index is 13.0. The zero-order chi connectivity index (χ0) is 14.0. The van der Waals surface area contributed by atoms with Crippen molar-refractivity contribution in [1.82, 2.24) is 4.90 Å². The Labute approximate surface area is 109 Å². The molecule has 0 radical (unpaired) electrons. The van der Waals surface area contributed by atoms with E-state index < -0.39 is 11.7 Å². The Hall–Kier alpha value is -2.04. The molecule has 0 bridgehead atoms. The number of allylic oxidation sites excluding steroid dienone is 2. The van der Waals surface area contributed by atoms with E-state index in [0.29, 0.717) is 11.1 Å². The molecule has 1 aromatic carbocycles. The predicted octanol–water partition coefficient (Wildman–Crippen LogP) is 3.23. The lowest BCUT2D eigenvalue weighted by Crippen LogP contribution is -2.30. The molecule has 2 rings (SSSR count). The number of carbonyl (C=O) groups is 2. The number of fused-ring (bicyclic) bond motifs is 1.